The van der Waals surface area contributed by atoms with Crippen molar-refractivity contribution in [2.45, 2.75) is 13.8 Å². The van der Waals surface area contributed by atoms with Crippen LogP contribution in [-0.4, -0.2) is 31.7 Å². The van der Waals surface area contributed by atoms with Gasteiger partial charge in [0.25, 0.3) is 0 Å². The summed E-state index contributed by atoms with van der Waals surface area (Å²) in [7, 11) is 1.48. The zero-order chi connectivity index (χ0) is 9.40. The first kappa shape index (κ1) is 11.4. The maximum absolute atomic E-state index is 4.93. The molecule has 0 aliphatic carbocycles. The number of nitrogens with zero attached hydrogens (tertiary/aromatic N) is 1. The first-order valence-electron chi connectivity index (χ1n) is 3.85. The van der Waals surface area contributed by atoms with E-state index in [9.17, 15) is 0 Å². The van der Waals surface area contributed by atoms with Gasteiger partial charge in [-0.05, 0) is 5.92 Å². The standard InChI is InChI=1S/C8H15NO2S/c1-7(2)6-9-4-5-11-8(12)10-3/h4,7H,5-6H2,1-3H3. The lowest BCUT2D eigenvalue weighted by atomic mass is 10.2. The Bertz CT molecular complexity index is 157. The molecule has 0 amide bonds. The molecule has 0 bridgehead atoms. The largest absolute Gasteiger partial charge is 0.460 e. The van der Waals surface area contributed by atoms with Crippen LogP contribution in [0.2, 0.25) is 0 Å². The van der Waals surface area contributed by atoms with Crippen molar-refractivity contribution in [2.24, 2.45) is 10.9 Å². The van der Waals surface area contributed by atoms with E-state index in [0.717, 1.165) is 6.54 Å². The topological polar surface area (TPSA) is 30.8 Å². The number of aliphatic imine (C=N–C) groups is 1. The molecule has 0 heterocycles. The summed E-state index contributed by atoms with van der Waals surface area (Å²) >= 11 is 4.65. The summed E-state index contributed by atoms with van der Waals surface area (Å²) in [5.74, 6) is 0.579. The molecule has 0 unspecified atom stereocenters. The highest BCUT2D eigenvalue weighted by atomic mass is 32.1. The molecule has 4 heteroatoms. The number of hydrogen-bond acceptors (Lipinski definition) is 4. The minimum Gasteiger partial charge on any atom is -0.460 e. The normalized spacial score (nSPS) is 10.7. The average molecular weight is 189 g/mol. The lowest BCUT2D eigenvalue weighted by molar-refractivity contribution is 0.241. The van der Waals surface area contributed by atoms with Crippen LogP contribution < -0.4 is 0 Å². The number of ether oxygens (including phenoxy) is 2. The smallest absolute Gasteiger partial charge is 0.352 e. The van der Waals surface area contributed by atoms with Crippen LogP contribution in [0.5, 0.6) is 0 Å². The predicted octanol–water partition coefficient (Wildman–Crippen LogP) is 1.66. The van der Waals surface area contributed by atoms with E-state index in [1.165, 1.54) is 7.11 Å². The highest BCUT2D eigenvalue weighted by Crippen LogP contribution is 1.90. The Morgan fingerprint density at radius 3 is 2.75 bits per heavy atom. The molecule has 70 valence electrons. The van der Waals surface area contributed by atoms with E-state index in [1.807, 2.05) is 0 Å². The Hall–Kier alpha value is -0.640. The van der Waals surface area contributed by atoms with Gasteiger partial charge < -0.3 is 9.47 Å². The second-order valence-electron chi connectivity index (χ2n) is 2.71. The summed E-state index contributed by atoms with van der Waals surface area (Å²) < 4.78 is 9.56. The van der Waals surface area contributed by atoms with E-state index >= 15 is 0 Å². The van der Waals surface area contributed by atoms with Gasteiger partial charge in [-0.15, -0.1) is 0 Å². The van der Waals surface area contributed by atoms with E-state index in [-0.39, 0.29) is 5.24 Å². The Morgan fingerprint density at radius 2 is 2.25 bits per heavy atom. The van der Waals surface area contributed by atoms with Gasteiger partial charge in [0.15, 0.2) is 0 Å². The number of methoxy groups -OCH3 is 1. The zero-order valence-electron chi connectivity index (χ0n) is 7.74. The summed E-state index contributed by atoms with van der Waals surface area (Å²) in [5.41, 5.74) is 0. The fraction of sp³-hybridized carbons (Fsp3) is 0.750. The molecule has 0 saturated carbocycles. The molecule has 0 spiro atoms. The molecule has 0 aromatic carbocycles. The third kappa shape index (κ3) is 7.47. The van der Waals surface area contributed by atoms with Crippen LogP contribution in [0, 0.1) is 5.92 Å². The van der Waals surface area contributed by atoms with Gasteiger partial charge in [-0.25, -0.2) is 0 Å². The third-order valence-corrected chi connectivity index (χ3v) is 1.33. The van der Waals surface area contributed by atoms with Crippen molar-refractivity contribution in [1.82, 2.24) is 0 Å². The highest BCUT2D eigenvalue weighted by Gasteiger charge is 1.91. The molecule has 0 fully saturated rings. The molecule has 0 radical (unpaired) electrons. The van der Waals surface area contributed by atoms with Gasteiger partial charge in [0, 0.05) is 25.0 Å². The van der Waals surface area contributed by atoms with E-state index < -0.39 is 0 Å². The second kappa shape index (κ2) is 7.03. The Labute approximate surface area is 78.8 Å². The first-order chi connectivity index (χ1) is 5.66. The summed E-state index contributed by atoms with van der Waals surface area (Å²) in [6, 6.07) is 0. The molecule has 12 heavy (non-hydrogen) atoms. The molecule has 0 saturated heterocycles. The molecule has 3 nitrogen and oxygen atoms in total. The van der Waals surface area contributed by atoms with Gasteiger partial charge in [-0.3, -0.25) is 4.99 Å². The quantitative estimate of drug-likeness (QED) is 0.498. The van der Waals surface area contributed by atoms with Crippen molar-refractivity contribution in [3.63, 3.8) is 0 Å². The fourth-order valence-electron chi connectivity index (χ4n) is 0.502. The molecule has 0 aliphatic heterocycles. The molecule has 0 aliphatic rings. The molecular formula is C8H15NO2S. The van der Waals surface area contributed by atoms with Crippen molar-refractivity contribution < 1.29 is 9.47 Å². The van der Waals surface area contributed by atoms with Gasteiger partial charge in [0.05, 0.1) is 7.11 Å². The summed E-state index contributed by atoms with van der Waals surface area (Å²) in [6.07, 6.45) is 1.70. The SMILES string of the molecule is COC(=S)OCC=NCC(C)C. The lowest BCUT2D eigenvalue weighted by Crippen LogP contribution is -2.06. The summed E-state index contributed by atoms with van der Waals surface area (Å²) in [6.45, 7) is 5.43. The van der Waals surface area contributed by atoms with Crippen LogP contribution in [0.4, 0.5) is 0 Å². The van der Waals surface area contributed by atoms with Gasteiger partial charge >= 0.3 is 5.24 Å². The first-order valence-corrected chi connectivity index (χ1v) is 4.26. The van der Waals surface area contributed by atoms with Gasteiger partial charge in [-0.1, -0.05) is 13.8 Å². The number of thiocarbonyl (C=S) groups is 1. The summed E-state index contributed by atoms with van der Waals surface area (Å²) in [4.78, 5) is 4.11. The number of hydrogen-bond donors (Lipinski definition) is 0. The van der Waals surface area contributed by atoms with Gasteiger partial charge in [0.2, 0.25) is 0 Å². The molecule has 0 N–H and O–H groups in total. The second-order valence-corrected chi connectivity index (χ2v) is 3.04. The zero-order valence-corrected chi connectivity index (χ0v) is 8.56. The predicted molar refractivity (Wildman–Crippen MR) is 53.8 cm³/mol. The fourth-order valence-corrected chi connectivity index (χ4v) is 0.570. The monoisotopic (exact) mass is 189 g/mol. The minimum absolute atomic E-state index is 0.158. The third-order valence-electron chi connectivity index (χ3n) is 1.04. The van der Waals surface area contributed by atoms with Crippen LogP contribution >= 0.6 is 12.2 Å². The van der Waals surface area contributed by atoms with Gasteiger partial charge in [0.1, 0.15) is 6.61 Å². The number of rotatable bonds is 4. The average Bonchev–Trinajstić information content (AvgIpc) is 2.03. The minimum atomic E-state index is 0.158. The van der Waals surface area contributed by atoms with Crippen molar-refractivity contribution in [1.29, 1.82) is 0 Å². The highest BCUT2D eigenvalue weighted by molar-refractivity contribution is 7.79. The Kier molecular flexibility index (Phi) is 6.66. The van der Waals surface area contributed by atoms with Crippen molar-refractivity contribution in [3.8, 4) is 0 Å². The van der Waals surface area contributed by atoms with Crippen molar-refractivity contribution in [2.75, 3.05) is 20.3 Å². The van der Waals surface area contributed by atoms with E-state index in [0.29, 0.717) is 12.5 Å². The van der Waals surface area contributed by atoms with Crippen molar-refractivity contribution >= 4 is 23.7 Å². The molecule has 0 atom stereocenters. The van der Waals surface area contributed by atoms with E-state index in [2.05, 4.69) is 35.8 Å². The van der Waals surface area contributed by atoms with Crippen LogP contribution in [0.15, 0.2) is 4.99 Å². The van der Waals surface area contributed by atoms with Crippen molar-refractivity contribution in [3.05, 3.63) is 0 Å². The maximum Gasteiger partial charge on any atom is 0.352 e. The molecule has 0 rings (SSSR count). The lowest BCUT2D eigenvalue weighted by Gasteiger charge is -2.01. The van der Waals surface area contributed by atoms with Crippen LogP contribution in [-0.2, 0) is 9.47 Å². The van der Waals surface area contributed by atoms with Crippen LogP contribution in [0.3, 0.4) is 0 Å². The van der Waals surface area contributed by atoms with Crippen LogP contribution in [0.1, 0.15) is 13.8 Å². The van der Waals surface area contributed by atoms with E-state index in [1.54, 1.807) is 6.21 Å². The van der Waals surface area contributed by atoms with Gasteiger partial charge in [-0.2, -0.15) is 0 Å². The van der Waals surface area contributed by atoms with Crippen LogP contribution in [0.25, 0.3) is 0 Å². The summed E-state index contributed by atoms with van der Waals surface area (Å²) in [5, 5.41) is 0.158. The maximum atomic E-state index is 4.93. The Balaban J connectivity index is 3.30. The van der Waals surface area contributed by atoms with E-state index in [4.69, 9.17) is 4.74 Å². The molecule has 0 aromatic heterocycles. The molecule has 0 aromatic rings. The molecular weight excluding hydrogens is 174 g/mol. The Morgan fingerprint density at radius 1 is 1.58 bits per heavy atom.